The van der Waals surface area contributed by atoms with Crippen molar-refractivity contribution in [2.45, 2.75) is 42.4 Å². The number of non-ortho nitro benzene ring substituents is 1. The van der Waals surface area contributed by atoms with Gasteiger partial charge in [-0.05, 0) is 31.9 Å². The predicted octanol–water partition coefficient (Wildman–Crippen LogP) is 2.54. The van der Waals surface area contributed by atoms with Gasteiger partial charge in [0.2, 0.25) is 5.91 Å². The fraction of sp³-hybridized carbons (Fsp3) is 0.467. The van der Waals surface area contributed by atoms with E-state index in [-0.39, 0.29) is 29.3 Å². The minimum absolute atomic E-state index is 0.00870. The molecule has 1 amide bonds. The molecule has 1 fully saturated rings. The second-order valence-electron chi connectivity index (χ2n) is 5.44. The highest BCUT2D eigenvalue weighted by Crippen LogP contribution is 2.29. The molecule has 1 aliphatic heterocycles. The Kier molecular flexibility index (Phi) is 5.59. The van der Waals surface area contributed by atoms with Gasteiger partial charge < -0.3 is 10.0 Å². The lowest BCUT2D eigenvalue weighted by Gasteiger charge is -2.26. The molecule has 0 radical (unpaired) electrons. The molecule has 1 N–H and O–H groups in total. The summed E-state index contributed by atoms with van der Waals surface area (Å²) in [5.74, 6) is -0.984. The van der Waals surface area contributed by atoms with Gasteiger partial charge in [-0.1, -0.05) is 0 Å². The number of nitro benzene ring substituents is 1. The first-order chi connectivity index (χ1) is 10.9. The normalized spacial score (nSPS) is 18.7. The van der Waals surface area contributed by atoms with Gasteiger partial charge in [0.05, 0.1) is 16.6 Å². The van der Waals surface area contributed by atoms with Gasteiger partial charge >= 0.3 is 5.97 Å². The van der Waals surface area contributed by atoms with E-state index in [2.05, 4.69) is 0 Å². The zero-order chi connectivity index (χ0) is 17.0. The molecular weight excluding hydrogens is 320 g/mol. The Morgan fingerprint density at radius 1 is 1.43 bits per heavy atom. The second-order valence-corrected chi connectivity index (χ2v) is 6.85. The molecule has 1 aromatic rings. The first-order valence-electron chi connectivity index (χ1n) is 7.32. The summed E-state index contributed by atoms with van der Waals surface area (Å²) in [6, 6.07) is 5.81. The molecule has 2 atom stereocenters. The predicted molar refractivity (Wildman–Crippen MR) is 85.4 cm³/mol. The van der Waals surface area contributed by atoms with E-state index in [4.69, 9.17) is 5.11 Å². The minimum Gasteiger partial charge on any atom is -0.481 e. The number of rotatable bonds is 6. The molecule has 0 spiro atoms. The number of thioether (sulfide) groups is 1. The van der Waals surface area contributed by atoms with Crippen molar-refractivity contribution in [3.63, 3.8) is 0 Å². The molecular formula is C15H18N2O5S. The lowest BCUT2D eigenvalue weighted by Crippen LogP contribution is -2.41. The number of aliphatic carboxylic acids is 1. The van der Waals surface area contributed by atoms with Crippen molar-refractivity contribution < 1.29 is 19.6 Å². The molecule has 1 heterocycles. The van der Waals surface area contributed by atoms with E-state index in [1.165, 1.54) is 23.9 Å². The van der Waals surface area contributed by atoms with Crippen molar-refractivity contribution in [2.75, 3.05) is 6.54 Å². The number of carboxylic acids is 1. The van der Waals surface area contributed by atoms with Crippen molar-refractivity contribution in [2.24, 2.45) is 0 Å². The van der Waals surface area contributed by atoms with Gasteiger partial charge in [-0.15, -0.1) is 11.8 Å². The molecule has 2 unspecified atom stereocenters. The number of amides is 1. The van der Waals surface area contributed by atoms with E-state index in [0.29, 0.717) is 13.0 Å². The van der Waals surface area contributed by atoms with Gasteiger partial charge in [0, 0.05) is 29.6 Å². The van der Waals surface area contributed by atoms with E-state index < -0.39 is 10.9 Å². The van der Waals surface area contributed by atoms with Gasteiger partial charge in [-0.2, -0.15) is 0 Å². The van der Waals surface area contributed by atoms with Crippen molar-refractivity contribution >= 4 is 29.3 Å². The summed E-state index contributed by atoms with van der Waals surface area (Å²) in [7, 11) is 0. The smallest absolute Gasteiger partial charge is 0.305 e. The maximum Gasteiger partial charge on any atom is 0.305 e. The summed E-state index contributed by atoms with van der Waals surface area (Å²) >= 11 is 1.32. The van der Waals surface area contributed by atoms with Crippen LogP contribution < -0.4 is 0 Å². The molecule has 8 heteroatoms. The van der Waals surface area contributed by atoms with Gasteiger partial charge in [-0.3, -0.25) is 19.7 Å². The molecule has 1 saturated heterocycles. The van der Waals surface area contributed by atoms with Gasteiger partial charge in [-0.25, -0.2) is 0 Å². The van der Waals surface area contributed by atoms with E-state index >= 15 is 0 Å². The molecule has 0 bridgehead atoms. The highest BCUT2D eigenvalue weighted by molar-refractivity contribution is 8.00. The van der Waals surface area contributed by atoms with Crippen molar-refractivity contribution in [1.29, 1.82) is 0 Å². The molecule has 1 aliphatic rings. The first-order valence-corrected chi connectivity index (χ1v) is 8.20. The maximum atomic E-state index is 12.5. The Balaban J connectivity index is 1.99. The Labute approximate surface area is 137 Å². The Hall–Kier alpha value is -2.09. The quantitative estimate of drug-likeness (QED) is 0.486. The van der Waals surface area contributed by atoms with E-state index in [1.807, 2.05) is 0 Å². The lowest BCUT2D eigenvalue weighted by atomic mass is 10.1. The van der Waals surface area contributed by atoms with Crippen LogP contribution in [0.5, 0.6) is 0 Å². The minimum atomic E-state index is -0.898. The Bertz CT molecular complexity index is 604. The average Bonchev–Trinajstić information content (AvgIpc) is 2.94. The number of hydrogen-bond donors (Lipinski definition) is 1. The first kappa shape index (κ1) is 17.3. The standard InChI is InChI=1S/C15H18N2O5S/c1-10(23-13-6-4-11(5-7-13)17(21)22)15(20)16-8-2-3-12(16)9-14(18)19/h4-7,10,12H,2-3,8-9H2,1H3,(H,18,19). The topological polar surface area (TPSA) is 101 Å². The average molecular weight is 338 g/mol. The number of carbonyl (C=O) groups is 2. The zero-order valence-electron chi connectivity index (χ0n) is 12.7. The molecule has 7 nitrogen and oxygen atoms in total. The SMILES string of the molecule is CC(Sc1ccc([N+](=O)[O-])cc1)C(=O)N1CCCC1CC(=O)O. The summed E-state index contributed by atoms with van der Waals surface area (Å²) in [6.07, 6.45) is 1.51. The number of nitrogens with zero attached hydrogens (tertiary/aromatic N) is 2. The fourth-order valence-corrected chi connectivity index (χ4v) is 3.61. The molecule has 0 aliphatic carbocycles. The van der Waals surface area contributed by atoms with Crippen LogP contribution >= 0.6 is 11.8 Å². The third-order valence-corrected chi connectivity index (χ3v) is 4.88. The van der Waals surface area contributed by atoms with E-state index in [1.54, 1.807) is 24.0 Å². The Morgan fingerprint density at radius 2 is 2.09 bits per heavy atom. The number of carboxylic acid groups (broad SMARTS) is 1. The highest BCUT2D eigenvalue weighted by atomic mass is 32.2. The Morgan fingerprint density at radius 3 is 2.65 bits per heavy atom. The van der Waals surface area contributed by atoms with Crippen LogP contribution in [-0.4, -0.2) is 44.6 Å². The number of likely N-dealkylation sites (tertiary alicyclic amines) is 1. The molecule has 1 aromatic carbocycles. The largest absolute Gasteiger partial charge is 0.481 e. The van der Waals surface area contributed by atoms with E-state index in [0.717, 1.165) is 11.3 Å². The second kappa shape index (κ2) is 7.45. The number of nitro groups is 1. The number of benzene rings is 1. The third kappa shape index (κ3) is 4.44. The molecule has 0 saturated carbocycles. The van der Waals surface area contributed by atoms with Crippen LogP contribution in [0, 0.1) is 10.1 Å². The molecule has 0 aromatic heterocycles. The fourth-order valence-electron chi connectivity index (χ4n) is 2.67. The summed E-state index contributed by atoms with van der Waals surface area (Å²) in [6.45, 7) is 2.35. The van der Waals surface area contributed by atoms with Crippen molar-refractivity contribution in [1.82, 2.24) is 4.90 Å². The van der Waals surface area contributed by atoms with Gasteiger partial charge in [0.25, 0.3) is 5.69 Å². The van der Waals surface area contributed by atoms with Crippen LogP contribution in [0.25, 0.3) is 0 Å². The van der Waals surface area contributed by atoms with Crippen LogP contribution in [-0.2, 0) is 9.59 Å². The molecule has 124 valence electrons. The lowest BCUT2D eigenvalue weighted by molar-refractivity contribution is -0.384. The number of hydrogen-bond acceptors (Lipinski definition) is 5. The van der Waals surface area contributed by atoms with Crippen LogP contribution in [0.1, 0.15) is 26.2 Å². The summed E-state index contributed by atoms with van der Waals surface area (Å²) in [5.41, 5.74) is 0.00870. The van der Waals surface area contributed by atoms with E-state index in [9.17, 15) is 19.7 Å². The maximum absolute atomic E-state index is 12.5. The molecule has 23 heavy (non-hydrogen) atoms. The highest BCUT2D eigenvalue weighted by Gasteiger charge is 2.32. The van der Waals surface area contributed by atoms with Crippen molar-refractivity contribution in [3.8, 4) is 0 Å². The van der Waals surface area contributed by atoms with Gasteiger partial charge in [0.15, 0.2) is 0 Å². The van der Waals surface area contributed by atoms with Crippen LogP contribution in [0.3, 0.4) is 0 Å². The van der Waals surface area contributed by atoms with Crippen molar-refractivity contribution in [3.05, 3.63) is 34.4 Å². The monoisotopic (exact) mass is 338 g/mol. The van der Waals surface area contributed by atoms with Gasteiger partial charge in [0.1, 0.15) is 0 Å². The van der Waals surface area contributed by atoms with Crippen LogP contribution in [0.2, 0.25) is 0 Å². The van der Waals surface area contributed by atoms with Crippen LogP contribution in [0.4, 0.5) is 5.69 Å². The third-order valence-electron chi connectivity index (χ3n) is 3.78. The summed E-state index contributed by atoms with van der Waals surface area (Å²) in [5, 5.41) is 19.2. The number of carbonyl (C=O) groups excluding carboxylic acids is 1. The molecule has 2 rings (SSSR count). The summed E-state index contributed by atoms with van der Waals surface area (Å²) < 4.78 is 0. The van der Waals surface area contributed by atoms with Crippen LogP contribution in [0.15, 0.2) is 29.2 Å². The zero-order valence-corrected chi connectivity index (χ0v) is 13.5. The summed E-state index contributed by atoms with van der Waals surface area (Å²) in [4.78, 5) is 36.0.